The van der Waals surface area contributed by atoms with Crippen LogP contribution >= 0.6 is 0 Å². The highest BCUT2D eigenvalue weighted by Crippen LogP contribution is 2.28. The maximum atomic E-state index is 13.1. The SMILES string of the molecule is CCC1CN(c2ccc(N)c(F)c2)C1. The Hall–Kier alpha value is -1.25. The molecule has 2 rings (SSSR count). The Kier molecular flexibility index (Phi) is 2.32. The third kappa shape index (κ3) is 1.54. The molecule has 2 nitrogen and oxygen atoms in total. The largest absolute Gasteiger partial charge is 0.396 e. The first-order chi connectivity index (χ1) is 6.70. The van der Waals surface area contributed by atoms with Crippen molar-refractivity contribution in [3.05, 3.63) is 24.0 Å². The highest BCUT2D eigenvalue weighted by molar-refractivity contribution is 5.55. The molecule has 0 amide bonds. The Morgan fingerprint density at radius 1 is 1.50 bits per heavy atom. The number of nitrogen functional groups attached to an aromatic ring is 1. The minimum absolute atomic E-state index is 0.223. The number of hydrogen-bond donors (Lipinski definition) is 1. The molecule has 0 saturated carbocycles. The minimum Gasteiger partial charge on any atom is -0.396 e. The molecule has 14 heavy (non-hydrogen) atoms. The molecule has 0 bridgehead atoms. The predicted molar refractivity (Wildman–Crippen MR) is 56.8 cm³/mol. The average molecular weight is 194 g/mol. The summed E-state index contributed by atoms with van der Waals surface area (Å²) in [4.78, 5) is 2.18. The average Bonchev–Trinajstić information content (AvgIpc) is 2.09. The lowest BCUT2D eigenvalue weighted by Gasteiger charge is -2.40. The highest BCUT2D eigenvalue weighted by Gasteiger charge is 2.25. The fraction of sp³-hybridized carbons (Fsp3) is 0.455. The molecule has 1 fully saturated rings. The van der Waals surface area contributed by atoms with Crippen molar-refractivity contribution < 1.29 is 4.39 Å². The smallest absolute Gasteiger partial charge is 0.148 e. The lowest BCUT2D eigenvalue weighted by molar-refractivity contribution is 0.398. The van der Waals surface area contributed by atoms with Crippen molar-refractivity contribution in [3.63, 3.8) is 0 Å². The summed E-state index contributed by atoms with van der Waals surface area (Å²) in [5, 5.41) is 0. The zero-order valence-corrected chi connectivity index (χ0v) is 8.33. The van der Waals surface area contributed by atoms with Gasteiger partial charge in [0.05, 0.1) is 5.69 Å². The van der Waals surface area contributed by atoms with Gasteiger partial charge in [-0.2, -0.15) is 0 Å². The van der Waals surface area contributed by atoms with Crippen LogP contribution in [-0.4, -0.2) is 13.1 Å². The lowest BCUT2D eigenvalue weighted by atomic mass is 9.96. The predicted octanol–water partition coefficient (Wildman–Crippen LogP) is 2.25. The second-order valence-corrected chi connectivity index (χ2v) is 3.89. The highest BCUT2D eigenvalue weighted by atomic mass is 19.1. The van der Waals surface area contributed by atoms with Crippen LogP contribution in [0.3, 0.4) is 0 Å². The van der Waals surface area contributed by atoms with Gasteiger partial charge in [-0.05, 0) is 30.5 Å². The monoisotopic (exact) mass is 194 g/mol. The Bertz CT molecular complexity index is 332. The maximum absolute atomic E-state index is 13.1. The normalized spacial score (nSPS) is 16.9. The summed E-state index contributed by atoms with van der Waals surface area (Å²) in [6, 6.07) is 5.02. The number of nitrogens with two attached hydrogens (primary N) is 1. The zero-order chi connectivity index (χ0) is 10.1. The zero-order valence-electron chi connectivity index (χ0n) is 8.33. The van der Waals surface area contributed by atoms with Crippen LogP contribution < -0.4 is 10.6 Å². The van der Waals surface area contributed by atoms with Crippen molar-refractivity contribution in [1.29, 1.82) is 0 Å². The molecular formula is C11H15FN2. The third-order valence-electron chi connectivity index (χ3n) is 2.88. The van der Waals surface area contributed by atoms with E-state index in [1.165, 1.54) is 12.5 Å². The van der Waals surface area contributed by atoms with E-state index in [0.717, 1.165) is 24.7 Å². The summed E-state index contributed by atoms with van der Waals surface area (Å²) < 4.78 is 13.1. The molecule has 0 unspecified atom stereocenters. The molecule has 76 valence electrons. The molecular weight excluding hydrogens is 179 g/mol. The van der Waals surface area contributed by atoms with Gasteiger partial charge in [-0.25, -0.2) is 4.39 Å². The Labute approximate surface area is 83.5 Å². The molecule has 1 aromatic rings. The lowest BCUT2D eigenvalue weighted by Crippen LogP contribution is -2.46. The van der Waals surface area contributed by atoms with Gasteiger partial charge in [0.1, 0.15) is 5.82 Å². The van der Waals surface area contributed by atoms with E-state index in [1.54, 1.807) is 6.07 Å². The first-order valence-electron chi connectivity index (χ1n) is 5.00. The van der Waals surface area contributed by atoms with E-state index in [4.69, 9.17) is 5.73 Å². The molecule has 1 aromatic carbocycles. The number of benzene rings is 1. The molecule has 1 aliphatic rings. The quantitative estimate of drug-likeness (QED) is 0.732. The van der Waals surface area contributed by atoms with Crippen LogP contribution in [0.5, 0.6) is 0 Å². The van der Waals surface area contributed by atoms with E-state index in [2.05, 4.69) is 11.8 Å². The molecule has 0 atom stereocenters. The fourth-order valence-corrected chi connectivity index (χ4v) is 1.75. The first kappa shape index (κ1) is 9.31. The Morgan fingerprint density at radius 2 is 2.21 bits per heavy atom. The van der Waals surface area contributed by atoms with Crippen LogP contribution in [0.1, 0.15) is 13.3 Å². The fourth-order valence-electron chi connectivity index (χ4n) is 1.75. The summed E-state index contributed by atoms with van der Waals surface area (Å²) in [5.41, 5.74) is 6.58. The molecule has 1 aliphatic heterocycles. The number of hydrogen-bond acceptors (Lipinski definition) is 2. The van der Waals surface area contributed by atoms with Crippen LogP contribution in [0, 0.1) is 11.7 Å². The van der Waals surface area contributed by atoms with Crippen molar-refractivity contribution >= 4 is 11.4 Å². The number of anilines is 2. The van der Waals surface area contributed by atoms with Gasteiger partial charge in [-0.15, -0.1) is 0 Å². The standard InChI is InChI=1S/C11H15FN2/c1-2-8-6-14(7-8)9-3-4-11(13)10(12)5-9/h3-5,8H,2,6-7,13H2,1H3. The van der Waals surface area contributed by atoms with Gasteiger partial charge in [-0.3, -0.25) is 0 Å². The molecule has 0 aromatic heterocycles. The third-order valence-corrected chi connectivity index (χ3v) is 2.88. The summed E-state index contributed by atoms with van der Waals surface area (Å²) >= 11 is 0. The molecule has 0 radical (unpaired) electrons. The van der Waals surface area contributed by atoms with Crippen molar-refractivity contribution in [1.82, 2.24) is 0 Å². The summed E-state index contributed by atoms with van der Waals surface area (Å²) in [5.74, 6) is 0.457. The van der Waals surface area contributed by atoms with Crippen LogP contribution in [0.25, 0.3) is 0 Å². The molecule has 0 aliphatic carbocycles. The van der Waals surface area contributed by atoms with Crippen LogP contribution in [0.4, 0.5) is 15.8 Å². The molecule has 3 heteroatoms. The Balaban J connectivity index is 2.08. The van der Waals surface area contributed by atoms with Crippen molar-refractivity contribution in [2.24, 2.45) is 5.92 Å². The maximum Gasteiger partial charge on any atom is 0.148 e. The van der Waals surface area contributed by atoms with E-state index >= 15 is 0 Å². The van der Waals surface area contributed by atoms with E-state index in [-0.39, 0.29) is 11.5 Å². The van der Waals surface area contributed by atoms with Crippen molar-refractivity contribution in [2.45, 2.75) is 13.3 Å². The van der Waals surface area contributed by atoms with Gasteiger partial charge in [0.15, 0.2) is 0 Å². The molecule has 1 saturated heterocycles. The van der Waals surface area contributed by atoms with Crippen molar-refractivity contribution in [2.75, 3.05) is 23.7 Å². The minimum atomic E-state index is -0.317. The summed E-state index contributed by atoms with van der Waals surface area (Å²) in [6.45, 7) is 4.27. The summed E-state index contributed by atoms with van der Waals surface area (Å²) in [6.07, 6.45) is 1.20. The molecule has 2 N–H and O–H groups in total. The van der Waals surface area contributed by atoms with E-state index < -0.39 is 0 Å². The Morgan fingerprint density at radius 3 is 2.79 bits per heavy atom. The summed E-state index contributed by atoms with van der Waals surface area (Å²) in [7, 11) is 0. The van der Waals surface area contributed by atoms with Crippen molar-refractivity contribution in [3.8, 4) is 0 Å². The van der Waals surface area contributed by atoms with E-state index in [0.29, 0.717) is 0 Å². The van der Waals surface area contributed by atoms with Gasteiger partial charge in [0, 0.05) is 18.8 Å². The van der Waals surface area contributed by atoms with Gasteiger partial charge < -0.3 is 10.6 Å². The number of rotatable bonds is 2. The topological polar surface area (TPSA) is 29.3 Å². The molecule has 1 heterocycles. The second kappa shape index (κ2) is 3.48. The molecule has 0 spiro atoms. The van der Waals surface area contributed by atoms with Gasteiger partial charge in [0.25, 0.3) is 0 Å². The van der Waals surface area contributed by atoms with Crippen LogP contribution in [0.15, 0.2) is 18.2 Å². The van der Waals surface area contributed by atoms with Gasteiger partial charge >= 0.3 is 0 Å². The second-order valence-electron chi connectivity index (χ2n) is 3.89. The van der Waals surface area contributed by atoms with Crippen LogP contribution in [0.2, 0.25) is 0 Å². The van der Waals surface area contributed by atoms with E-state index in [9.17, 15) is 4.39 Å². The first-order valence-corrected chi connectivity index (χ1v) is 5.00. The van der Waals surface area contributed by atoms with Gasteiger partial charge in [-0.1, -0.05) is 6.92 Å². The number of halogens is 1. The van der Waals surface area contributed by atoms with E-state index in [1.807, 2.05) is 6.07 Å². The number of nitrogens with zero attached hydrogens (tertiary/aromatic N) is 1. The van der Waals surface area contributed by atoms with Gasteiger partial charge in [0.2, 0.25) is 0 Å². The van der Waals surface area contributed by atoms with Crippen LogP contribution in [-0.2, 0) is 0 Å².